The van der Waals surface area contributed by atoms with Gasteiger partial charge in [0.1, 0.15) is 5.82 Å². The lowest BCUT2D eigenvalue weighted by molar-refractivity contribution is 0.0949. The summed E-state index contributed by atoms with van der Waals surface area (Å²) in [5, 5.41) is 6.18. The third kappa shape index (κ3) is 3.81. The molecule has 1 fully saturated rings. The third-order valence-corrected chi connectivity index (χ3v) is 3.55. The molecule has 0 saturated heterocycles. The second kappa shape index (κ2) is 6.21. The normalized spacial score (nSPS) is 14.5. The van der Waals surface area contributed by atoms with E-state index in [1.165, 1.54) is 19.0 Å². The minimum absolute atomic E-state index is 0.138. The fraction of sp³-hybridized carbons (Fsp3) is 0.538. The smallest absolute Gasteiger partial charge is 0.252 e. The van der Waals surface area contributed by atoms with Gasteiger partial charge in [0.25, 0.3) is 5.91 Å². The molecule has 19 heavy (non-hydrogen) atoms. The second-order valence-electron chi connectivity index (χ2n) is 4.77. The number of pyridine rings is 1. The molecule has 0 atom stereocenters. The quantitative estimate of drug-likeness (QED) is 0.832. The van der Waals surface area contributed by atoms with Crippen LogP contribution in [0.15, 0.2) is 12.3 Å². The number of likely N-dealkylation sites (N-methyl/N-ethyl adjacent to an activating group) is 1. The summed E-state index contributed by atoms with van der Waals surface area (Å²) >= 11 is 5.99. The Hall–Kier alpha value is -1.33. The molecule has 0 spiro atoms. The summed E-state index contributed by atoms with van der Waals surface area (Å²) in [4.78, 5) is 18.3. The van der Waals surface area contributed by atoms with Crippen molar-refractivity contribution in [3.05, 3.63) is 22.8 Å². The fourth-order valence-corrected chi connectivity index (χ4v) is 2.15. The van der Waals surface area contributed by atoms with Crippen LogP contribution in [0, 0.1) is 0 Å². The molecule has 1 amide bonds. The van der Waals surface area contributed by atoms with Gasteiger partial charge in [0, 0.05) is 32.4 Å². The molecule has 2 rings (SSSR count). The molecule has 5 nitrogen and oxygen atoms in total. The van der Waals surface area contributed by atoms with Gasteiger partial charge in [-0.05, 0) is 26.0 Å². The molecule has 104 valence electrons. The van der Waals surface area contributed by atoms with E-state index < -0.39 is 0 Å². The van der Waals surface area contributed by atoms with E-state index in [-0.39, 0.29) is 5.91 Å². The van der Waals surface area contributed by atoms with Crippen molar-refractivity contribution in [3.8, 4) is 0 Å². The lowest BCUT2D eigenvalue weighted by atomic mass is 10.2. The number of amides is 1. The number of anilines is 1. The molecule has 1 aromatic rings. The average molecular weight is 283 g/mol. The molecule has 0 unspecified atom stereocenters. The SMILES string of the molecule is CNc1ncc(C(=O)NCCN(C)C2CC2)cc1Cl. The van der Waals surface area contributed by atoms with Crippen molar-refractivity contribution in [3.63, 3.8) is 0 Å². The summed E-state index contributed by atoms with van der Waals surface area (Å²) in [5.41, 5.74) is 0.484. The Balaban J connectivity index is 1.83. The Morgan fingerprint density at radius 2 is 2.32 bits per heavy atom. The van der Waals surface area contributed by atoms with Crippen LogP contribution in [0.25, 0.3) is 0 Å². The van der Waals surface area contributed by atoms with Crippen LogP contribution in [0.1, 0.15) is 23.2 Å². The van der Waals surface area contributed by atoms with Gasteiger partial charge in [0.05, 0.1) is 10.6 Å². The molecule has 0 aromatic carbocycles. The van der Waals surface area contributed by atoms with Gasteiger partial charge < -0.3 is 15.5 Å². The van der Waals surface area contributed by atoms with Crippen LogP contribution in [0.2, 0.25) is 5.02 Å². The first-order chi connectivity index (χ1) is 9.11. The molecule has 1 heterocycles. The molecule has 1 aliphatic rings. The number of nitrogens with zero attached hydrogens (tertiary/aromatic N) is 2. The zero-order chi connectivity index (χ0) is 13.8. The minimum atomic E-state index is -0.138. The molecular formula is C13H19ClN4O. The van der Waals surface area contributed by atoms with Crippen molar-refractivity contribution < 1.29 is 4.79 Å². The summed E-state index contributed by atoms with van der Waals surface area (Å²) in [6, 6.07) is 2.34. The van der Waals surface area contributed by atoms with Crippen molar-refractivity contribution in [2.45, 2.75) is 18.9 Å². The molecule has 0 bridgehead atoms. The highest BCUT2D eigenvalue weighted by molar-refractivity contribution is 6.33. The largest absolute Gasteiger partial charge is 0.372 e. The van der Waals surface area contributed by atoms with Gasteiger partial charge in [0.15, 0.2) is 0 Å². The summed E-state index contributed by atoms with van der Waals surface area (Å²) in [7, 11) is 3.83. The van der Waals surface area contributed by atoms with E-state index in [0.29, 0.717) is 29.0 Å². The molecule has 1 saturated carbocycles. The topological polar surface area (TPSA) is 57.3 Å². The lowest BCUT2D eigenvalue weighted by Crippen LogP contribution is -2.34. The predicted octanol–water partition coefficient (Wildman–Crippen LogP) is 1.60. The summed E-state index contributed by atoms with van der Waals surface area (Å²) in [6.07, 6.45) is 4.07. The first-order valence-corrected chi connectivity index (χ1v) is 6.81. The first-order valence-electron chi connectivity index (χ1n) is 6.43. The number of aromatic nitrogens is 1. The van der Waals surface area contributed by atoms with Crippen LogP contribution >= 0.6 is 11.6 Å². The second-order valence-corrected chi connectivity index (χ2v) is 5.18. The number of hydrogen-bond donors (Lipinski definition) is 2. The van der Waals surface area contributed by atoms with Crippen LogP contribution in [0.5, 0.6) is 0 Å². The van der Waals surface area contributed by atoms with Gasteiger partial charge in [-0.15, -0.1) is 0 Å². The summed E-state index contributed by atoms with van der Waals surface area (Å²) < 4.78 is 0. The molecule has 1 aromatic heterocycles. The van der Waals surface area contributed by atoms with Gasteiger partial charge in [0.2, 0.25) is 0 Å². The van der Waals surface area contributed by atoms with E-state index in [1.54, 1.807) is 13.1 Å². The van der Waals surface area contributed by atoms with E-state index >= 15 is 0 Å². The Labute approximate surface area is 118 Å². The van der Waals surface area contributed by atoms with Gasteiger partial charge in [-0.3, -0.25) is 4.79 Å². The van der Waals surface area contributed by atoms with Crippen LogP contribution in [-0.2, 0) is 0 Å². The highest BCUT2D eigenvalue weighted by Gasteiger charge is 2.25. The molecule has 0 aliphatic heterocycles. The van der Waals surface area contributed by atoms with E-state index in [1.807, 2.05) is 0 Å². The average Bonchev–Trinajstić information content (AvgIpc) is 3.22. The van der Waals surface area contributed by atoms with E-state index in [0.717, 1.165) is 6.54 Å². The number of carbonyl (C=O) groups is 1. The van der Waals surface area contributed by atoms with Crippen molar-refractivity contribution in [1.82, 2.24) is 15.2 Å². The number of halogens is 1. The molecule has 0 radical (unpaired) electrons. The van der Waals surface area contributed by atoms with E-state index in [2.05, 4.69) is 27.6 Å². The Bertz CT molecular complexity index is 462. The molecule has 2 N–H and O–H groups in total. The van der Waals surface area contributed by atoms with Crippen molar-refractivity contribution in [1.29, 1.82) is 0 Å². The maximum atomic E-state index is 11.9. The number of carbonyl (C=O) groups excluding carboxylic acids is 1. The van der Waals surface area contributed by atoms with Crippen molar-refractivity contribution in [2.24, 2.45) is 0 Å². The highest BCUT2D eigenvalue weighted by atomic mass is 35.5. The summed E-state index contributed by atoms with van der Waals surface area (Å²) in [5.74, 6) is 0.438. The molecular weight excluding hydrogens is 264 g/mol. The van der Waals surface area contributed by atoms with Gasteiger partial charge >= 0.3 is 0 Å². The molecule has 1 aliphatic carbocycles. The van der Waals surface area contributed by atoms with Crippen molar-refractivity contribution >= 4 is 23.3 Å². The Kier molecular flexibility index (Phi) is 4.61. The van der Waals surface area contributed by atoms with Gasteiger partial charge in [-0.1, -0.05) is 11.6 Å². The predicted molar refractivity (Wildman–Crippen MR) is 76.8 cm³/mol. The fourth-order valence-electron chi connectivity index (χ4n) is 1.89. The zero-order valence-electron chi connectivity index (χ0n) is 11.2. The maximum absolute atomic E-state index is 11.9. The highest BCUT2D eigenvalue weighted by Crippen LogP contribution is 2.24. The Morgan fingerprint density at radius 1 is 1.58 bits per heavy atom. The van der Waals surface area contributed by atoms with Gasteiger partial charge in [-0.2, -0.15) is 0 Å². The summed E-state index contributed by atoms with van der Waals surface area (Å²) in [6.45, 7) is 1.50. The standard InChI is InChI=1S/C13H19ClN4O/c1-15-12-11(14)7-9(8-17-12)13(19)16-5-6-18(2)10-3-4-10/h7-8,10H,3-6H2,1-2H3,(H,15,17)(H,16,19). The van der Waals surface area contributed by atoms with Crippen LogP contribution < -0.4 is 10.6 Å². The molecule has 6 heteroatoms. The Morgan fingerprint density at radius 3 is 2.89 bits per heavy atom. The lowest BCUT2D eigenvalue weighted by Gasteiger charge is -2.15. The van der Waals surface area contributed by atoms with Crippen LogP contribution in [-0.4, -0.2) is 49.0 Å². The van der Waals surface area contributed by atoms with E-state index in [4.69, 9.17) is 11.6 Å². The monoisotopic (exact) mass is 282 g/mol. The number of rotatable bonds is 6. The van der Waals surface area contributed by atoms with Gasteiger partial charge in [-0.25, -0.2) is 4.98 Å². The van der Waals surface area contributed by atoms with E-state index in [9.17, 15) is 4.79 Å². The third-order valence-electron chi connectivity index (χ3n) is 3.26. The van der Waals surface area contributed by atoms with Crippen molar-refractivity contribution in [2.75, 3.05) is 32.5 Å². The number of hydrogen-bond acceptors (Lipinski definition) is 4. The van der Waals surface area contributed by atoms with Crippen LogP contribution in [0.4, 0.5) is 5.82 Å². The number of nitrogens with one attached hydrogen (secondary N) is 2. The first kappa shape index (κ1) is 14.1. The maximum Gasteiger partial charge on any atom is 0.252 e. The van der Waals surface area contributed by atoms with Crippen LogP contribution in [0.3, 0.4) is 0 Å². The minimum Gasteiger partial charge on any atom is -0.372 e. The zero-order valence-corrected chi connectivity index (χ0v) is 12.0.